The highest BCUT2D eigenvalue weighted by Gasteiger charge is 2.76. The maximum absolute atomic E-state index is 14.1. The number of amides is 4. The van der Waals surface area contributed by atoms with E-state index in [9.17, 15) is 24.3 Å². The lowest BCUT2D eigenvalue weighted by molar-refractivity contribution is -0.141. The van der Waals surface area contributed by atoms with Crippen molar-refractivity contribution in [2.75, 3.05) is 5.45 Å². The van der Waals surface area contributed by atoms with Gasteiger partial charge in [0.2, 0.25) is 11.8 Å². The van der Waals surface area contributed by atoms with E-state index in [-0.39, 0.29) is 42.4 Å². The van der Waals surface area contributed by atoms with Crippen LogP contribution in [0.15, 0.2) is 78.4 Å². The first kappa shape index (κ1) is 27.6. The van der Waals surface area contributed by atoms with Crippen LogP contribution in [0.1, 0.15) is 29.9 Å². The van der Waals surface area contributed by atoms with Gasteiger partial charge in [-0.05, 0) is 41.2 Å². The number of fused-ring (bicyclic) bond motifs is 5. The molecule has 0 unspecified atom stereocenters. The Morgan fingerprint density at radius 1 is 0.857 bits per heavy atom. The molecule has 214 valence electrons. The summed E-state index contributed by atoms with van der Waals surface area (Å²) >= 11 is 17.9. The van der Waals surface area contributed by atoms with Crippen molar-refractivity contribution in [3.05, 3.63) is 89.5 Å². The third-order valence-electron chi connectivity index (χ3n) is 9.53. The Bertz CT molecular complexity index is 1730. The van der Waals surface area contributed by atoms with Crippen LogP contribution >= 0.6 is 39.1 Å². The van der Waals surface area contributed by atoms with Crippen LogP contribution in [0.3, 0.4) is 0 Å². The number of imide groups is 2. The van der Waals surface area contributed by atoms with E-state index in [4.69, 9.17) is 23.2 Å². The summed E-state index contributed by atoms with van der Waals surface area (Å²) < 4.78 is 0. The predicted octanol–water partition coefficient (Wildman–Crippen LogP) is 5.46. The molecule has 2 aliphatic carbocycles. The minimum absolute atomic E-state index is 0.0979. The molecule has 4 aliphatic rings. The molecule has 0 bridgehead atoms. The first-order valence-corrected chi connectivity index (χ1v) is 15.6. The van der Waals surface area contributed by atoms with Crippen molar-refractivity contribution in [1.82, 2.24) is 9.80 Å². The zero-order valence-electron chi connectivity index (χ0n) is 22.2. The van der Waals surface area contributed by atoms with Crippen molar-refractivity contribution in [2.45, 2.75) is 35.1 Å². The summed E-state index contributed by atoms with van der Waals surface area (Å²) in [5, 5.41) is 12.8. The number of allylic oxidation sites excluding steroid dienone is 2. The molecule has 3 fully saturated rings. The summed E-state index contributed by atoms with van der Waals surface area (Å²) in [6.07, 6.45) is 2.05. The predicted molar refractivity (Wildman–Crippen MR) is 161 cm³/mol. The number of nitrogens with zero attached hydrogens (tertiary/aromatic N) is 2. The second-order valence-corrected chi connectivity index (χ2v) is 13.2. The van der Waals surface area contributed by atoms with Gasteiger partial charge in [0.1, 0.15) is 5.75 Å². The first-order chi connectivity index (χ1) is 20.1. The van der Waals surface area contributed by atoms with Crippen LogP contribution in [0.5, 0.6) is 5.75 Å². The van der Waals surface area contributed by atoms with Gasteiger partial charge in [-0.3, -0.25) is 29.0 Å². The van der Waals surface area contributed by atoms with E-state index in [0.29, 0.717) is 16.5 Å². The fourth-order valence-electron chi connectivity index (χ4n) is 7.64. The van der Waals surface area contributed by atoms with E-state index in [0.717, 1.165) is 15.8 Å². The van der Waals surface area contributed by atoms with Gasteiger partial charge in [-0.2, -0.15) is 0 Å². The summed E-state index contributed by atoms with van der Waals surface area (Å²) in [7, 11) is 0. The third kappa shape index (κ3) is 3.52. The van der Waals surface area contributed by atoms with Gasteiger partial charge in [0.05, 0.1) is 23.8 Å². The highest BCUT2D eigenvalue weighted by molar-refractivity contribution is 9.09. The van der Waals surface area contributed by atoms with Crippen LogP contribution in [0.2, 0.25) is 0 Å². The van der Waals surface area contributed by atoms with Gasteiger partial charge in [0, 0.05) is 11.5 Å². The SMILES string of the molecule is O=C1[C@H]2[C@H](CC=C3[C@H]2C[C@@]2(Cl)C(=O)N(CBr)C(=O)[C@@]2(Cl)[C@H]3c2c(O)ccc3ccccc23)C(=O)N1Cc1ccccc1. The van der Waals surface area contributed by atoms with Crippen molar-refractivity contribution < 1.29 is 24.3 Å². The zero-order valence-corrected chi connectivity index (χ0v) is 25.3. The number of carbonyl (C=O) groups excluding carboxylic acids is 4. The highest BCUT2D eigenvalue weighted by atomic mass is 79.9. The Labute approximate surface area is 260 Å². The van der Waals surface area contributed by atoms with E-state index >= 15 is 0 Å². The van der Waals surface area contributed by atoms with Crippen LogP contribution in [0, 0.1) is 17.8 Å². The number of phenolic OH excluding ortho intramolecular Hbond substituents is 1. The molecule has 2 aliphatic heterocycles. The van der Waals surface area contributed by atoms with Crippen molar-refractivity contribution in [3.8, 4) is 5.75 Å². The zero-order chi connectivity index (χ0) is 29.6. The maximum Gasteiger partial charge on any atom is 0.254 e. The minimum Gasteiger partial charge on any atom is -0.508 e. The quantitative estimate of drug-likeness (QED) is 0.173. The van der Waals surface area contributed by atoms with E-state index in [1.54, 1.807) is 12.1 Å². The molecule has 7 nitrogen and oxygen atoms in total. The van der Waals surface area contributed by atoms with Crippen LogP contribution < -0.4 is 0 Å². The van der Waals surface area contributed by atoms with Gasteiger partial charge < -0.3 is 5.11 Å². The van der Waals surface area contributed by atoms with Crippen molar-refractivity contribution in [2.24, 2.45) is 17.8 Å². The van der Waals surface area contributed by atoms with Crippen molar-refractivity contribution >= 4 is 73.5 Å². The summed E-state index contributed by atoms with van der Waals surface area (Å²) in [6, 6.07) is 20.0. The van der Waals surface area contributed by atoms with Crippen LogP contribution in [-0.4, -0.2) is 53.7 Å². The molecule has 4 amide bonds. The molecule has 3 aromatic carbocycles. The molecule has 6 atom stereocenters. The van der Waals surface area contributed by atoms with Crippen molar-refractivity contribution in [1.29, 1.82) is 0 Å². The molecule has 0 aromatic heterocycles. The number of phenols is 1. The number of benzene rings is 3. The molecular formula is C32H25BrCl2N2O5. The second kappa shape index (κ2) is 9.66. The number of halogens is 3. The van der Waals surface area contributed by atoms with Gasteiger partial charge in [0.25, 0.3) is 11.8 Å². The van der Waals surface area contributed by atoms with E-state index in [1.807, 2.05) is 60.7 Å². The average molecular weight is 668 g/mol. The Morgan fingerprint density at radius 3 is 2.31 bits per heavy atom. The Balaban J connectivity index is 1.42. The van der Waals surface area contributed by atoms with Gasteiger partial charge in [-0.15, -0.1) is 23.2 Å². The molecule has 7 rings (SSSR count). The lowest BCUT2D eigenvalue weighted by Gasteiger charge is -2.51. The van der Waals surface area contributed by atoms with Crippen LogP contribution in [0.4, 0.5) is 0 Å². The number of alkyl halides is 3. The standard InChI is InChI=1S/C32H25BrCl2N2O5/c33-16-37-29(41)31(34)14-22-20(11-12-21-24(22)28(40)36(27(21)39)15-17-6-2-1-3-7-17)26(32(31,35)30(37)42)25-19-9-5-4-8-18(19)10-13-23(25)38/h1-11,13,21-22,24,26,38H,12,14-16H2/t21-,22+,24-,26+,31+,32-/m0/s1. The first-order valence-electron chi connectivity index (χ1n) is 13.7. The molecule has 0 radical (unpaired) electrons. The van der Waals surface area contributed by atoms with Gasteiger partial charge in [-0.25, -0.2) is 0 Å². The lowest BCUT2D eigenvalue weighted by atomic mass is 9.56. The van der Waals surface area contributed by atoms with Crippen molar-refractivity contribution in [3.63, 3.8) is 0 Å². The molecule has 10 heteroatoms. The van der Waals surface area contributed by atoms with E-state index in [1.165, 1.54) is 4.90 Å². The smallest absolute Gasteiger partial charge is 0.254 e. The number of hydrogen-bond donors (Lipinski definition) is 1. The molecule has 0 spiro atoms. The molecule has 2 heterocycles. The van der Waals surface area contributed by atoms with Crippen LogP contribution in [0.25, 0.3) is 10.8 Å². The molecule has 3 aromatic rings. The fourth-order valence-corrected chi connectivity index (χ4v) is 9.05. The number of rotatable bonds is 4. The third-order valence-corrected chi connectivity index (χ3v) is 11.4. The Morgan fingerprint density at radius 2 is 1.57 bits per heavy atom. The molecule has 1 N–H and O–H groups in total. The summed E-state index contributed by atoms with van der Waals surface area (Å²) in [6.45, 7) is 0.140. The van der Waals surface area contributed by atoms with Gasteiger partial charge in [-0.1, -0.05) is 88.2 Å². The molecule has 1 saturated carbocycles. The van der Waals surface area contributed by atoms with Gasteiger partial charge >= 0.3 is 0 Å². The summed E-state index contributed by atoms with van der Waals surface area (Å²) in [5.41, 5.74) is 1.73. The van der Waals surface area contributed by atoms with Gasteiger partial charge in [0.15, 0.2) is 9.75 Å². The number of likely N-dealkylation sites (tertiary alicyclic amines) is 2. The molecular weight excluding hydrogens is 643 g/mol. The fraction of sp³-hybridized carbons (Fsp3) is 0.312. The second-order valence-electron chi connectivity index (χ2n) is 11.5. The number of carbonyl (C=O) groups is 4. The topological polar surface area (TPSA) is 95.0 Å². The number of hydrogen-bond acceptors (Lipinski definition) is 5. The lowest BCUT2D eigenvalue weighted by Crippen LogP contribution is -2.60. The minimum atomic E-state index is -1.98. The van der Waals surface area contributed by atoms with Crippen LogP contribution in [-0.2, 0) is 25.7 Å². The van der Waals surface area contributed by atoms with E-state index < -0.39 is 45.2 Å². The summed E-state index contributed by atoms with van der Waals surface area (Å²) in [4.78, 5) is 54.0. The monoisotopic (exact) mass is 666 g/mol. The summed E-state index contributed by atoms with van der Waals surface area (Å²) in [5.74, 6) is -5.12. The maximum atomic E-state index is 14.1. The number of aromatic hydroxyl groups is 1. The molecule has 2 saturated heterocycles. The Hall–Kier alpha value is -3.20. The normalized spacial score (nSPS) is 32.2. The average Bonchev–Trinajstić information content (AvgIpc) is 3.31. The molecule has 42 heavy (non-hydrogen) atoms. The van der Waals surface area contributed by atoms with E-state index in [2.05, 4.69) is 15.9 Å². The largest absolute Gasteiger partial charge is 0.508 e. The Kier molecular flexibility index (Phi) is 6.35. The highest BCUT2D eigenvalue weighted by Crippen LogP contribution is 2.66.